The Kier molecular flexibility index (Phi) is 4.53. The molecule has 0 saturated carbocycles. The Morgan fingerprint density at radius 3 is 2.53 bits per heavy atom. The van der Waals surface area contributed by atoms with E-state index in [-0.39, 0.29) is 12.4 Å². The van der Waals surface area contributed by atoms with Crippen molar-refractivity contribution in [2.75, 3.05) is 11.9 Å². The third-order valence-electron chi connectivity index (χ3n) is 3.15. The number of halogens is 1. The summed E-state index contributed by atoms with van der Waals surface area (Å²) in [6, 6.07) is 12.7. The molecule has 100 valence electrons. The Labute approximate surface area is 112 Å². The van der Waals surface area contributed by atoms with E-state index in [2.05, 4.69) is 5.32 Å². The van der Waals surface area contributed by atoms with Crippen molar-refractivity contribution in [1.29, 1.82) is 0 Å². The molecule has 2 aromatic rings. The van der Waals surface area contributed by atoms with Crippen molar-refractivity contribution in [3.8, 4) is 0 Å². The summed E-state index contributed by atoms with van der Waals surface area (Å²) in [7, 11) is 0. The first-order chi connectivity index (χ1) is 9.19. The zero-order valence-corrected chi connectivity index (χ0v) is 11.0. The second kappa shape index (κ2) is 6.34. The minimum absolute atomic E-state index is 0.162. The van der Waals surface area contributed by atoms with Crippen LogP contribution in [-0.2, 0) is 13.0 Å². The van der Waals surface area contributed by atoms with Gasteiger partial charge in [0.05, 0.1) is 0 Å². The van der Waals surface area contributed by atoms with Crippen LogP contribution in [0.4, 0.5) is 10.1 Å². The van der Waals surface area contributed by atoms with Gasteiger partial charge in [-0.2, -0.15) is 0 Å². The van der Waals surface area contributed by atoms with Gasteiger partial charge in [-0.15, -0.1) is 0 Å². The van der Waals surface area contributed by atoms with Crippen molar-refractivity contribution in [2.24, 2.45) is 0 Å². The van der Waals surface area contributed by atoms with E-state index in [1.165, 1.54) is 6.07 Å². The molecule has 2 rings (SSSR count). The first kappa shape index (κ1) is 13.6. The van der Waals surface area contributed by atoms with Crippen LogP contribution in [0.25, 0.3) is 0 Å². The van der Waals surface area contributed by atoms with Gasteiger partial charge in [0.25, 0.3) is 0 Å². The van der Waals surface area contributed by atoms with Gasteiger partial charge in [0.1, 0.15) is 5.82 Å². The summed E-state index contributed by atoms with van der Waals surface area (Å²) >= 11 is 0. The van der Waals surface area contributed by atoms with Crippen molar-refractivity contribution in [3.05, 3.63) is 65.0 Å². The van der Waals surface area contributed by atoms with E-state index >= 15 is 0 Å². The smallest absolute Gasteiger partial charge is 0.123 e. The predicted molar refractivity (Wildman–Crippen MR) is 75.7 cm³/mol. The lowest BCUT2D eigenvalue weighted by Gasteiger charge is -2.10. The molecule has 0 bridgehead atoms. The fourth-order valence-electron chi connectivity index (χ4n) is 1.95. The zero-order valence-electron chi connectivity index (χ0n) is 11.0. The molecule has 0 aliphatic carbocycles. The van der Waals surface area contributed by atoms with Gasteiger partial charge in [0.15, 0.2) is 0 Å². The van der Waals surface area contributed by atoms with Crippen LogP contribution in [0.15, 0.2) is 42.5 Å². The summed E-state index contributed by atoms with van der Waals surface area (Å²) in [6.07, 6.45) is 0.670. The third kappa shape index (κ3) is 3.80. The lowest BCUT2D eigenvalue weighted by Crippen LogP contribution is -2.02. The van der Waals surface area contributed by atoms with Gasteiger partial charge in [0.2, 0.25) is 0 Å². The van der Waals surface area contributed by atoms with Gasteiger partial charge >= 0.3 is 0 Å². The second-order valence-corrected chi connectivity index (χ2v) is 4.59. The maximum absolute atomic E-state index is 13.2. The number of rotatable bonds is 5. The van der Waals surface area contributed by atoms with Crippen LogP contribution < -0.4 is 5.32 Å². The molecule has 0 spiro atoms. The summed E-state index contributed by atoms with van der Waals surface area (Å²) in [6.45, 7) is 2.74. The van der Waals surface area contributed by atoms with E-state index in [1.54, 1.807) is 12.1 Å². The summed E-state index contributed by atoms with van der Waals surface area (Å²) in [4.78, 5) is 0. The predicted octanol–water partition coefficient (Wildman–Crippen LogP) is 3.28. The Morgan fingerprint density at radius 2 is 1.84 bits per heavy atom. The molecule has 0 aliphatic rings. The minimum atomic E-state index is -0.208. The van der Waals surface area contributed by atoms with Crippen molar-refractivity contribution in [3.63, 3.8) is 0 Å². The molecule has 0 radical (unpaired) electrons. The highest BCUT2D eigenvalue weighted by Crippen LogP contribution is 2.14. The average Bonchev–Trinajstić information content (AvgIpc) is 2.42. The quantitative estimate of drug-likeness (QED) is 0.863. The molecule has 2 N–H and O–H groups in total. The topological polar surface area (TPSA) is 32.3 Å². The van der Waals surface area contributed by atoms with Crippen LogP contribution in [0.2, 0.25) is 0 Å². The lowest BCUT2D eigenvalue weighted by molar-refractivity contribution is 0.299. The maximum Gasteiger partial charge on any atom is 0.123 e. The SMILES string of the molecule is Cc1ccc(F)cc1CNc1ccc(CCO)cc1. The van der Waals surface area contributed by atoms with Crippen molar-refractivity contribution < 1.29 is 9.50 Å². The Morgan fingerprint density at radius 1 is 1.11 bits per heavy atom. The van der Waals surface area contributed by atoms with Crippen molar-refractivity contribution >= 4 is 5.69 Å². The van der Waals surface area contributed by atoms with Crippen LogP contribution in [0.3, 0.4) is 0 Å². The molecule has 0 aromatic heterocycles. The number of nitrogens with one attached hydrogen (secondary N) is 1. The van der Waals surface area contributed by atoms with Gasteiger partial charge < -0.3 is 10.4 Å². The normalized spacial score (nSPS) is 10.5. The highest BCUT2D eigenvalue weighted by molar-refractivity contribution is 5.45. The van der Waals surface area contributed by atoms with Crippen LogP contribution in [0.1, 0.15) is 16.7 Å². The van der Waals surface area contributed by atoms with E-state index in [0.717, 1.165) is 22.4 Å². The maximum atomic E-state index is 13.2. The summed E-state index contributed by atoms with van der Waals surface area (Å²) < 4.78 is 13.2. The van der Waals surface area contributed by atoms with Crippen LogP contribution in [-0.4, -0.2) is 11.7 Å². The molecule has 0 atom stereocenters. The van der Waals surface area contributed by atoms with Gasteiger partial charge in [0, 0.05) is 18.8 Å². The molecular formula is C16H18FNO. The number of benzene rings is 2. The largest absolute Gasteiger partial charge is 0.396 e. The molecule has 0 saturated heterocycles. The lowest BCUT2D eigenvalue weighted by atomic mass is 10.1. The molecule has 2 nitrogen and oxygen atoms in total. The number of aliphatic hydroxyl groups excluding tert-OH is 1. The first-order valence-electron chi connectivity index (χ1n) is 6.38. The summed E-state index contributed by atoms with van der Waals surface area (Å²) in [5.41, 5.74) is 4.13. The van der Waals surface area contributed by atoms with Gasteiger partial charge in [-0.3, -0.25) is 0 Å². The number of aryl methyl sites for hydroxylation is 1. The van der Waals surface area contributed by atoms with Crippen molar-refractivity contribution in [2.45, 2.75) is 19.9 Å². The molecule has 0 amide bonds. The minimum Gasteiger partial charge on any atom is -0.396 e. The Balaban J connectivity index is 2.00. The number of hydrogen-bond acceptors (Lipinski definition) is 2. The standard InChI is InChI=1S/C16H18FNO/c1-12-2-5-15(17)10-14(12)11-18-16-6-3-13(4-7-16)8-9-19/h2-7,10,18-19H,8-9,11H2,1H3. The average molecular weight is 259 g/mol. The molecule has 2 aromatic carbocycles. The van der Waals surface area contributed by atoms with Crippen molar-refractivity contribution in [1.82, 2.24) is 0 Å². The Bertz CT molecular complexity index is 537. The van der Waals surface area contributed by atoms with E-state index in [9.17, 15) is 4.39 Å². The highest BCUT2D eigenvalue weighted by atomic mass is 19.1. The van der Waals surface area contributed by atoms with E-state index in [0.29, 0.717) is 13.0 Å². The van der Waals surface area contributed by atoms with E-state index in [4.69, 9.17) is 5.11 Å². The molecule has 19 heavy (non-hydrogen) atoms. The second-order valence-electron chi connectivity index (χ2n) is 4.59. The highest BCUT2D eigenvalue weighted by Gasteiger charge is 2.01. The van der Waals surface area contributed by atoms with Gasteiger partial charge in [-0.25, -0.2) is 4.39 Å². The van der Waals surface area contributed by atoms with Gasteiger partial charge in [-0.1, -0.05) is 18.2 Å². The molecule has 0 heterocycles. The fourth-order valence-corrected chi connectivity index (χ4v) is 1.95. The summed E-state index contributed by atoms with van der Waals surface area (Å²) in [5, 5.41) is 12.1. The monoisotopic (exact) mass is 259 g/mol. The van der Waals surface area contributed by atoms with E-state index in [1.807, 2.05) is 31.2 Å². The molecular weight excluding hydrogens is 241 g/mol. The number of hydrogen-bond donors (Lipinski definition) is 2. The molecule has 0 unspecified atom stereocenters. The fraction of sp³-hybridized carbons (Fsp3) is 0.250. The molecule has 3 heteroatoms. The molecule has 0 aliphatic heterocycles. The molecule has 0 fully saturated rings. The Hall–Kier alpha value is -1.87. The number of aliphatic hydroxyl groups is 1. The van der Waals surface area contributed by atoms with Crippen LogP contribution in [0.5, 0.6) is 0 Å². The zero-order chi connectivity index (χ0) is 13.7. The van der Waals surface area contributed by atoms with Gasteiger partial charge in [-0.05, 0) is 54.3 Å². The first-order valence-corrected chi connectivity index (χ1v) is 6.38. The summed E-state index contributed by atoms with van der Waals surface area (Å²) in [5.74, 6) is -0.208. The number of anilines is 1. The third-order valence-corrected chi connectivity index (χ3v) is 3.15. The van der Waals surface area contributed by atoms with Crippen LogP contribution in [0, 0.1) is 12.7 Å². The van der Waals surface area contributed by atoms with Crippen LogP contribution >= 0.6 is 0 Å². The van der Waals surface area contributed by atoms with E-state index < -0.39 is 0 Å².